The summed E-state index contributed by atoms with van der Waals surface area (Å²) in [6.45, 7) is 6.73. The number of benzene rings is 1. The predicted octanol–water partition coefficient (Wildman–Crippen LogP) is 2.83. The van der Waals surface area contributed by atoms with E-state index in [1.807, 2.05) is 44.2 Å². The summed E-state index contributed by atoms with van der Waals surface area (Å²) in [5.74, 6) is -1.39. The molecule has 1 aromatic heterocycles. The van der Waals surface area contributed by atoms with Gasteiger partial charge in [0.2, 0.25) is 5.91 Å². The van der Waals surface area contributed by atoms with Crippen LogP contribution >= 0.6 is 0 Å². The Hall–Kier alpha value is -3.13. The fraction of sp³-hybridized carbons (Fsp3) is 0.409. The van der Waals surface area contributed by atoms with Crippen molar-refractivity contribution in [3.63, 3.8) is 0 Å². The number of carboxylic acids is 2. The first-order valence-corrected chi connectivity index (χ1v) is 9.85. The maximum Gasteiger partial charge on any atom is 0.414 e. The van der Waals surface area contributed by atoms with Gasteiger partial charge >= 0.3 is 11.9 Å². The Morgan fingerprint density at radius 1 is 1.07 bits per heavy atom. The lowest BCUT2D eigenvalue weighted by atomic mass is 9.95. The van der Waals surface area contributed by atoms with Gasteiger partial charge in [-0.1, -0.05) is 30.3 Å². The number of hydrogen-bond donors (Lipinski definition) is 3. The molecule has 1 saturated heterocycles. The fourth-order valence-electron chi connectivity index (χ4n) is 3.30. The minimum atomic E-state index is -1.82. The summed E-state index contributed by atoms with van der Waals surface area (Å²) in [5, 5.41) is 17.9. The molecule has 2 aromatic rings. The van der Waals surface area contributed by atoms with Crippen LogP contribution in [0.1, 0.15) is 42.9 Å². The lowest BCUT2D eigenvalue weighted by Gasteiger charge is -2.31. The minimum Gasteiger partial charge on any atom is -0.473 e. The molecule has 8 heteroatoms. The zero-order valence-electron chi connectivity index (χ0n) is 17.2. The third-order valence-electron chi connectivity index (χ3n) is 4.98. The predicted molar refractivity (Wildman–Crippen MR) is 110 cm³/mol. The number of hydrogen-bond acceptors (Lipinski definition) is 5. The third-order valence-corrected chi connectivity index (χ3v) is 4.98. The van der Waals surface area contributed by atoms with Gasteiger partial charge in [-0.2, -0.15) is 0 Å². The zero-order valence-corrected chi connectivity index (χ0v) is 17.2. The molecule has 1 aromatic carbocycles. The first-order chi connectivity index (χ1) is 14.3. The SMILES string of the molecule is Cc1ccc(CN2CCC(C(=O)NC(C)c3ccccc3)CC2)o1.O=C(O)C(=O)O. The van der Waals surface area contributed by atoms with E-state index in [0.29, 0.717) is 0 Å². The summed E-state index contributed by atoms with van der Waals surface area (Å²) in [5.41, 5.74) is 1.15. The Kier molecular flexibility index (Phi) is 8.61. The van der Waals surface area contributed by atoms with E-state index in [0.717, 1.165) is 49.6 Å². The van der Waals surface area contributed by atoms with Crippen LogP contribution in [0.3, 0.4) is 0 Å². The van der Waals surface area contributed by atoms with Crippen LogP contribution in [0.15, 0.2) is 46.9 Å². The average molecular weight is 416 g/mol. The third kappa shape index (κ3) is 7.36. The number of carboxylic acid groups (broad SMARTS) is 2. The number of carbonyl (C=O) groups is 3. The van der Waals surface area contributed by atoms with Crippen LogP contribution in [0.25, 0.3) is 0 Å². The van der Waals surface area contributed by atoms with Gasteiger partial charge in [-0.05, 0) is 57.5 Å². The topological polar surface area (TPSA) is 120 Å². The van der Waals surface area contributed by atoms with Crippen molar-refractivity contribution in [1.29, 1.82) is 0 Å². The Bertz CT molecular complexity index is 828. The molecule has 0 saturated carbocycles. The molecule has 1 unspecified atom stereocenters. The maximum absolute atomic E-state index is 12.5. The minimum absolute atomic E-state index is 0.0582. The largest absolute Gasteiger partial charge is 0.473 e. The van der Waals surface area contributed by atoms with Crippen LogP contribution in [0.5, 0.6) is 0 Å². The van der Waals surface area contributed by atoms with Crippen molar-refractivity contribution in [1.82, 2.24) is 10.2 Å². The van der Waals surface area contributed by atoms with Gasteiger partial charge in [0.25, 0.3) is 0 Å². The first kappa shape index (κ1) is 23.2. The van der Waals surface area contributed by atoms with Crippen LogP contribution in [-0.2, 0) is 20.9 Å². The van der Waals surface area contributed by atoms with Crippen molar-refractivity contribution in [2.45, 2.75) is 39.3 Å². The van der Waals surface area contributed by atoms with Crippen molar-refractivity contribution < 1.29 is 29.0 Å². The number of aryl methyl sites for hydroxylation is 1. The standard InChI is InChI=1S/C20H26N2O2.C2H2O4/c1-15-8-9-19(24-15)14-22-12-10-18(11-13-22)20(23)21-16(2)17-6-4-3-5-7-17;3-1(4)2(5)6/h3-9,16,18H,10-14H2,1-2H3,(H,21,23);(H,3,4)(H,5,6). The van der Waals surface area contributed by atoms with E-state index in [9.17, 15) is 4.79 Å². The van der Waals surface area contributed by atoms with Crippen molar-refractivity contribution in [2.75, 3.05) is 13.1 Å². The number of aliphatic carboxylic acids is 2. The molecular weight excluding hydrogens is 388 g/mol. The highest BCUT2D eigenvalue weighted by molar-refractivity contribution is 6.27. The Morgan fingerprint density at radius 2 is 1.67 bits per heavy atom. The molecule has 0 aliphatic carbocycles. The molecule has 0 bridgehead atoms. The Labute approximate surface area is 175 Å². The number of carbonyl (C=O) groups excluding carboxylic acids is 1. The van der Waals surface area contributed by atoms with Gasteiger partial charge in [-0.3, -0.25) is 9.69 Å². The van der Waals surface area contributed by atoms with Crippen LogP contribution in [0, 0.1) is 12.8 Å². The van der Waals surface area contributed by atoms with Gasteiger partial charge in [0, 0.05) is 5.92 Å². The Balaban J connectivity index is 0.000000469. The first-order valence-electron chi connectivity index (χ1n) is 9.85. The number of nitrogens with one attached hydrogen (secondary N) is 1. The smallest absolute Gasteiger partial charge is 0.414 e. The molecule has 0 radical (unpaired) electrons. The zero-order chi connectivity index (χ0) is 22.1. The summed E-state index contributed by atoms with van der Waals surface area (Å²) in [6, 6.07) is 14.2. The molecule has 1 amide bonds. The normalized spacial score (nSPS) is 15.5. The van der Waals surface area contributed by atoms with E-state index < -0.39 is 11.9 Å². The Morgan fingerprint density at radius 3 is 2.17 bits per heavy atom. The van der Waals surface area contributed by atoms with Crippen LogP contribution in [0.2, 0.25) is 0 Å². The van der Waals surface area contributed by atoms with Crippen LogP contribution in [0.4, 0.5) is 0 Å². The van der Waals surface area contributed by atoms with Crippen molar-refractivity contribution >= 4 is 17.8 Å². The molecule has 3 N–H and O–H groups in total. The number of likely N-dealkylation sites (tertiary alicyclic amines) is 1. The van der Waals surface area contributed by atoms with Crippen LogP contribution in [-0.4, -0.2) is 46.0 Å². The molecule has 8 nitrogen and oxygen atoms in total. The van der Waals surface area contributed by atoms with E-state index in [1.165, 1.54) is 0 Å². The number of amides is 1. The lowest BCUT2D eigenvalue weighted by molar-refractivity contribution is -0.159. The van der Waals surface area contributed by atoms with Crippen LogP contribution < -0.4 is 5.32 Å². The number of nitrogens with zero attached hydrogens (tertiary/aromatic N) is 1. The summed E-state index contributed by atoms with van der Waals surface area (Å²) in [7, 11) is 0. The van der Waals surface area contributed by atoms with Gasteiger partial charge in [0.05, 0.1) is 12.6 Å². The lowest BCUT2D eigenvalue weighted by Crippen LogP contribution is -2.40. The number of rotatable bonds is 5. The number of piperidine rings is 1. The van der Waals surface area contributed by atoms with Crippen molar-refractivity contribution in [3.8, 4) is 0 Å². The van der Waals surface area contributed by atoms with Gasteiger partial charge in [0.1, 0.15) is 11.5 Å². The molecule has 1 atom stereocenters. The average Bonchev–Trinajstić information content (AvgIpc) is 3.14. The second-order valence-corrected chi connectivity index (χ2v) is 7.31. The van der Waals surface area contributed by atoms with Gasteiger partial charge < -0.3 is 19.9 Å². The second kappa shape index (κ2) is 11.2. The quantitative estimate of drug-likeness (QED) is 0.641. The van der Waals surface area contributed by atoms with Gasteiger partial charge in [-0.25, -0.2) is 9.59 Å². The molecule has 0 spiro atoms. The summed E-state index contributed by atoms with van der Waals surface area (Å²) in [4.78, 5) is 33.1. The molecule has 3 rings (SSSR count). The summed E-state index contributed by atoms with van der Waals surface area (Å²) in [6.07, 6.45) is 1.82. The van der Waals surface area contributed by atoms with E-state index in [1.54, 1.807) is 0 Å². The highest BCUT2D eigenvalue weighted by atomic mass is 16.4. The van der Waals surface area contributed by atoms with Crippen molar-refractivity contribution in [3.05, 3.63) is 59.5 Å². The number of furan rings is 1. The highest BCUT2D eigenvalue weighted by Crippen LogP contribution is 2.21. The molecular formula is C22H28N2O6. The molecule has 162 valence electrons. The summed E-state index contributed by atoms with van der Waals surface area (Å²) < 4.78 is 5.64. The summed E-state index contributed by atoms with van der Waals surface area (Å²) >= 11 is 0. The monoisotopic (exact) mass is 416 g/mol. The second-order valence-electron chi connectivity index (χ2n) is 7.31. The van der Waals surface area contributed by atoms with Gasteiger partial charge in [-0.15, -0.1) is 0 Å². The molecule has 2 heterocycles. The molecule has 1 fully saturated rings. The van der Waals surface area contributed by atoms with E-state index in [4.69, 9.17) is 24.2 Å². The van der Waals surface area contributed by atoms with E-state index in [2.05, 4.69) is 22.3 Å². The van der Waals surface area contributed by atoms with E-state index in [-0.39, 0.29) is 17.9 Å². The van der Waals surface area contributed by atoms with Gasteiger partial charge in [0.15, 0.2) is 0 Å². The molecule has 1 aliphatic rings. The maximum atomic E-state index is 12.5. The molecule has 1 aliphatic heterocycles. The highest BCUT2D eigenvalue weighted by Gasteiger charge is 2.26. The fourth-order valence-corrected chi connectivity index (χ4v) is 3.30. The van der Waals surface area contributed by atoms with Crippen molar-refractivity contribution in [2.24, 2.45) is 5.92 Å². The molecule has 30 heavy (non-hydrogen) atoms. The van der Waals surface area contributed by atoms with E-state index >= 15 is 0 Å².